The highest BCUT2D eigenvalue weighted by Crippen LogP contribution is 2.22. The number of benzene rings is 1. The Morgan fingerprint density at radius 3 is 3.12 bits per heavy atom. The molecule has 16 heavy (non-hydrogen) atoms. The van der Waals surface area contributed by atoms with Crippen LogP contribution >= 0.6 is 0 Å². The van der Waals surface area contributed by atoms with E-state index in [9.17, 15) is 0 Å². The maximum absolute atomic E-state index is 5.66. The van der Waals surface area contributed by atoms with Gasteiger partial charge in [-0.3, -0.25) is 5.32 Å². The lowest BCUT2D eigenvalue weighted by molar-refractivity contribution is -0.560. The summed E-state index contributed by atoms with van der Waals surface area (Å²) in [5.41, 5.74) is 8.85. The van der Waals surface area contributed by atoms with Gasteiger partial charge in [-0.25, -0.2) is 4.68 Å². The van der Waals surface area contributed by atoms with Crippen molar-refractivity contribution < 1.29 is 5.32 Å². The molecule has 0 fully saturated rings. The standard InChI is InChI=1S/C11H11N5/c12-11-13-7-8-6-9(2-3-10(8)15-11)16-5-1-4-14-16/h1-6H,7H2,(H3,12,13,15)/p+1. The molecule has 4 N–H and O–H groups in total. The summed E-state index contributed by atoms with van der Waals surface area (Å²) >= 11 is 0. The Morgan fingerprint density at radius 1 is 1.38 bits per heavy atom. The molecule has 0 aliphatic carbocycles. The number of nitrogens with two attached hydrogens (primary N) is 2. The average molecular weight is 214 g/mol. The van der Waals surface area contributed by atoms with Crippen molar-refractivity contribution in [1.29, 1.82) is 0 Å². The first-order chi connectivity index (χ1) is 7.83. The third kappa shape index (κ3) is 1.47. The largest absolute Gasteiger partial charge is 0.338 e. The van der Waals surface area contributed by atoms with E-state index in [0.717, 1.165) is 17.9 Å². The summed E-state index contributed by atoms with van der Waals surface area (Å²) < 4.78 is 1.84. The molecule has 1 aliphatic rings. The van der Waals surface area contributed by atoms with Crippen LogP contribution in [-0.4, -0.2) is 15.7 Å². The van der Waals surface area contributed by atoms with Gasteiger partial charge in [0, 0.05) is 18.0 Å². The zero-order chi connectivity index (χ0) is 11.0. The molecule has 0 radical (unpaired) electrons. The van der Waals surface area contributed by atoms with Crippen molar-refractivity contribution in [1.82, 2.24) is 9.78 Å². The quantitative estimate of drug-likeness (QED) is 0.695. The molecule has 2 aromatic rings. The maximum atomic E-state index is 5.66. The van der Waals surface area contributed by atoms with E-state index in [-0.39, 0.29) is 0 Å². The molecule has 0 spiro atoms. The molecular formula is C11H12N5+. The van der Waals surface area contributed by atoms with Crippen LogP contribution in [0.1, 0.15) is 5.56 Å². The van der Waals surface area contributed by atoms with Crippen molar-refractivity contribution in [3.63, 3.8) is 0 Å². The van der Waals surface area contributed by atoms with E-state index in [1.807, 2.05) is 34.4 Å². The minimum absolute atomic E-state index is 0.597. The van der Waals surface area contributed by atoms with Gasteiger partial charge in [-0.05, 0) is 24.3 Å². The number of nitrogens with zero attached hydrogens (tertiary/aromatic N) is 3. The SMILES string of the molecule is NC1=Nc2ccc(-n3cccn3)cc2C[NH2+]1. The lowest BCUT2D eigenvalue weighted by Gasteiger charge is -2.12. The number of quaternary nitrogens is 1. The lowest BCUT2D eigenvalue weighted by Crippen LogP contribution is -2.89. The molecule has 0 bridgehead atoms. The fourth-order valence-electron chi connectivity index (χ4n) is 1.81. The van der Waals surface area contributed by atoms with Crippen LogP contribution in [0.4, 0.5) is 5.69 Å². The van der Waals surface area contributed by atoms with E-state index in [4.69, 9.17) is 5.73 Å². The maximum Gasteiger partial charge on any atom is 0.297 e. The van der Waals surface area contributed by atoms with E-state index in [2.05, 4.69) is 16.2 Å². The second-order valence-electron chi connectivity index (χ2n) is 3.71. The first kappa shape index (κ1) is 9.11. The van der Waals surface area contributed by atoms with E-state index in [1.165, 1.54) is 5.56 Å². The van der Waals surface area contributed by atoms with Crippen LogP contribution in [-0.2, 0) is 6.54 Å². The molecule has 1 aliphatic heterocycles. The predicted octanol–water partition coefficient (Wildman–Crippen LogP) is -0.105. The zero-order valence-corrected chi connectivity index (χ0v) is 8.67. The summed E-state index contributed by atoms with van der Waals surface area (Å²) in [7, 11) is 0. The summed E-state index contributed by atoms with van der Waals surface area (Å²) in [6.45, 7) is 0.833. The minimum atomic E-state index is 0.597. The first-order valence-electron chi connectivity index (χ1n) is 5.13. The Kier molecular flexibility index (Phi) is 1.97. The molecule has 0 saturated heterocycles. The fraction of sp³-hybridized carbons (Fsp3) is 0.0909. The van der Waals surface area contributed by atoms with Gasteiger partial charge in [0.25, 0.3) is 5.96 Å². The monoisotopic (exact) mass is 214 g/mol. The van der Waals surface area contributed by atoms with Crippen LogP contribution in [0, 0.1) is 0 Å². The normalized spacial score (nSPS) is 14.4. The van der Waals surface area contributed by atoms with Gasteiger partial charge in [0.15, 0.2) is 0 Å². The highest BCUT2D eigenvalue weighted by Gasteiger charge is 2.13. The molecule has 0 unspecified atom stereocenters. The van der Waals surface area contributed by atoms with Gasteiger partial charge in [-0.1, -0.05) is 0 Å². The van der Waals surface area contributed by atoms with Crippen LogP contribution < -0.4 is 11.1 Å². The summed E-state index contributed by atoms with van der Waals surface area (Å²) in [4.78, 5) is 4.28. The third-order valence-corrected chi connectivity index (χ3v) is 2.61. The summed E-state index contributed by atoms with van der Waals surface area (Å²) in [6.07, 6.45) is 3.69. The summed E-state index contributed by atoms with van der Waals surface area (Å²) in [5.74, 6) is 0.597. The molecule has 3 rings (SSSR count). The smallest absolute Gasteiger partial charge is 0.297 e. The lowest BCUT2D eigenvalue weighted by atomic mass is 10.1. The Hall–Kier alpha value is -2.14. The third-order valence-electron chi connectivity index (χ3n) is 2.61. The molecule has 80 valence electrons. The van der Waals surface area contributed by atoms with E-state index >= 15 is 0 Å². The van der Waals surface area contributed by atoms with Crippen LogP contribution in [0.5, 0.6) is 0 Å². The number of guanidine groups is 1. The van der Waals surface area contributed by atoms with Gasteiger partial charge in [0.05, 0.1) is 11.4 Å². The zero-order valence-electron chi connectivity index (χ0n) is 8.67. The molecule has 5 heteroatoms. The molecule has 1 aromatic carbocycles. The highest BCUT2D eigenvalue weighted by molar-refractivity contribution is 5.74. The predicted molar refractivity (Wildman–Crippen MR) is 60.5 cm³/mol. The second kappa shape index (κ2) is 3.46. The topological polar surface area (TPSA) is 72.8 Å². The number of rotatable bonds is 1. The summed E-state index contributed by atoms with van der Waals surface area (Å²) in [6, 6.07) is 7.97. The Balaban J connectivity index is 2.07. The van der Waals surface area contributed by atoms with Gasteiger partial charge in [-0.2, -0.15) is 10.1 Å². The first-order valence-corrected chi connectivity index (χ1v) is 5.13. The minimum Gasteiger partial charge on any atom is -0.338 e. The molecular weight excluding hydrogens is 202 g/mol. The van der Waals surface area contributed by atoms with Crippen LogP contribution in [0.25, 0.3) is 5.69 Å². The van der Waals surface area contributed by atoms with Gasteiger partial charge < -0.3 is 5.73 Å². The van der Waals surface area contributed by atoms with Gasteiger partial charge in [0.2, 0.25) is 0 Å². The van der Waals surface area contributed by atoms with Crippen molar-refractivity contribution in [3.8, 4) is 5.69 Å². The van der Waals surface area contributed by atoms with E-state index in [1.54, 1.807) is 6.20 Å². The van der Waals surface area contributed by atoms with E-state index in [0.29, 0.717) is 5.96 Å². The van der Waals surface area contributed by atoms with Crippen LogP contribution in [0.15, 0.2) is 41.7 Å². The second-order valence-corrected chi connectivity index (χ2v) is 3.71. The molecule has 5 nitrogen and oxygen atoms in total. The fourth-order valence-corrected chi connectivity index (χ4v) is 1.81. The van der Waals surface area contributed by atoms with Crippen molar-refractivity contribution >= 4 is 11.6 Å². The summed E-state index contributed by atoms with van der Waals surface area (Å²) in [5, 5.41) is 6.12. The Morgan fingerprint density at radius 2 is 2.31 bits per heavy atom. The van der Waals surface area contributed by atoms with Crippen LogP contribution in [0.3, 0.4) is 0 Å². The number of fused-ring (bicyclic) bond motifs is 1. The molecule has 0 atom stereocenters. The van der Waals surface area contributed by atoms with Crippen LogP contribution in [0.2, 0.25) is 0 Å². The molecule has 0 saturated carbocycles. The average Bonchev–Trinajstić information content (AvgIpc) is 2.82. The number of aliphatic imine (C=N–C) groups is 1. The van der Waals surface area contributed by atoms with Crippen molar-refractivity contribution in [3.05, 3.63) is 42.2 Å². The van der Waals surface area contributed by atoms with Gasteiger partial charge in [-0.15, -0.1) is 0 Å². The molecule has 1 aromatic heterocycles. The van der Waals surface area contributed by atoms with E-state index < -0.39 is 0 Å². The Labute approximate surface area is 92.6 Å². The van der Waals surface area contributed by atoms with Crippen molar-refractivity contribution in [2.45, 2.75) is 6.54 Å². The number of hydrogen-bond donors (Lipinski definition) is 2. The molecule has 0 amide bonds. The van der Waals surface area contributed by atoms with Crippen molar-refractivity contribution in [2.24, 2.45) is 10.7 Å². The number of hydrogen-bond acceptors (Lipinski definition) is 3. The number of aromatic nitrogens is 2. The Bertz CT molecular complexity index is 542. The highest BCUT2D eigenvalue weighted by atomic mass is 15.3. The van der Waals surface area contributed by atoms with Crippen molar-refractivity contribution in [2.75, 3.05) is 0 Å². The van der Waals surface area contributed by atoms with Gasteiger partial charge >= 0.3 is 0 Å². The molecule has 2 heterocycles. The van der Waals surface area contributed by atoms with Gasteiger partial charge in [0.1, 0.15) is 6.54 Å².